The van der Waals surface area contributed by atoms with Crippen LogP contribution in [0.15, 0.2) is 47.8 Å². The number of carbonyl (C=O) groups is 2. The minimum Gasteiger partial charge on any atom is -0.371 e. The van der Waals surface area contributed by atoms with Gasteiger partial charge in [0.05, 0.1) is 19.3 Å². The zero-order valence-electron chi connectivity index (χ0n) is 14.5. The first kappa shape index (κ1) is 18.6. The summed E-state index contributed by atoms with van der Waals surface area (Å²) in [7, 11) is 0. The third-order valence-electron chi connectivity index (χ3n) is 4.25. The lowest BCUT2D eigenvalue weighted by atomic mass is 10.1. The Bertz CT molecular complexity index is 706. The molecular formula is C19H23N3O3S. The largest absolute Gasteiger partial charge is 0.371 e. The number of rotatable bonds is 6. The summed E-state index contributed by atoms with van der Waals surface area (Å²) in [6.45, 7) is 3.78. The number of hydrogen-bond acceptors (Lipinski definition) is 5. The molecule has 1 atom stereocenters. The van der Waals surface area contributed by atoms with Gasteiger partial charge in [0.2, 0.25) is 0 Å². The third kappa shape index (κ3) is 5.39. The molecule has 0 spiro atoms. The van der Waals surface area contributed by atoms with Crippen LogP contribution in [0, 0.1) is 0 Å². The maximum absolute atomic E-state index is 11.9. The van der Waals surface area contributed by atoms with Crippen molar-refractivity contribution in [3.8, 4) is 0 Å². The summed E-state index contributed by atoms with van der Waals surface area (Å²) in [6.07, 6.45) is 0.0507. The van der Waals surface area contributed by atoms with Gasteiger partial charge in [-0.05, 0) is 17.0 Å². The van der Waals surface area contributed by atoms with Gasteiger partial charge in [-0.3, -0.25) is 14.5 Å². The van der Waals surface area contributed by atoms with Gasteiger partial charge in [-0.1, -0.05) is 36.4 Å². The van der Waals surface area contributed by atoms with Gasteiger partial charge in [0.1, 0.15) is 0 Å². The molecule has 2 N–H and O–H groups in total. The SMILES string of the molecule is O=C(NCCN1CCO[C@@H](c2ccccc2)C1)C(=O)NCc1cccs1. The quantitative estimate of drug-likeness (QED) is 0.754. The third-order valence-corrected chi connectivity index (χ3v) is 5.12. The molecule has 0 unspecified atom stereocenters. The molecule has 1 fully saturated rings. The van der Waals surface area contributed by atoms with Crippen molar-refractivity contribution < 1.29 is 14.3 Å². The van der Waals surface area contributed by atoms with Crippen molar-refractivity contribution in [2.45, 2.75) is 12.6 Å². The molecule has 6 nitrogen and oxygen atoms in total. The van der Waals surface area contributed by atoms with Crippen molar-refractivity contribution >= 4 is 23.2 Å². The standard InChI is InChI=1S/C19H23N3O3S/c23-18(19(24)21-13-16-7-4-12-26-16)20-8-9-22-10-11-25-17(14-22)15-5-2-1-3-6-15/h1-7,12,17H,8-11,13-14H2,(H,20,23)(H,21,24)/t17-/m1/s1. The lowest BCUT2D eigenvalue weighted by Gasteiger charge is -2.33. The smallest absolute Gasteiger partial charge is 0.309 e. The van der Waals surface area contributed by atoms with E-state index in [9.17, 15) is 9.59 Å². The fourth-order valence-electron chi connectivity index (χ4n) is 2.84. The van der Waals surface area contributed by atoms with Crippen molar-refractivity contribution in [2.24, 2.45) is 0 Å². The molecule has 0 radical (unpaired) electrons. The summed E-state index contributed by atoms with van der Waals surface area (Å²) in [5.74, 6) is -1.18. The first-order valence-electron chi connectivity index (χ1n) is 8.69. The Morgan fingerprint density at radius 1 is 1.12 bits per heavy atom. The number of amides is 2. The lowest BCUT2D eigenvalue weighted by molar-refractivity contribution is -0.139. The van der Waals surface area contributed by atoms with Crippen LogP contribution in [0.5, 0.6) is 0 Å². The molecule has 1 aromatic carbocycles. The van der Waals surface area contributed by atoms with Crippen LogP contribution in [0.3, 0.4) is 0 Å². The maximum Gasteiger partial charge on any atom is 0.309 e. The van der Waals surface area contributed by atoms with Crippen LogP contribution in [0.2, 0.25) is 0 Å². The molecule has 138 valence electrons. The molecule has 1 aliphatic heterocycles. The first-order chi connectivity index (χ1) is 12.7. The molecule has 1 aromatic heterocycles. The fraction of sp³-hybridized carbons (Fsp3) is 0.368. The minimum absolute atomic E-state index is 0.0507. The van der Waals surface area contributed by atoms with Gasteiger partial charge in [-0.25, -0.2) is 0 Å². The number of hydrogen-bond donors (Lipinski definition) is 2. The minimum atomic E-state index is -0.595. The Labute approximate surface area is 157 Å². The monoisotopic (exact) mass is 373 g/mol. The summed E-state index contributed by atoms with van der Waals surface area (Å²) in [5.41, 5.74) is 1.16. The van der Waals surface area contributed by atoms with Gasteiger partial charge in [0.15, 0.2) is 0 Å². The number of thiophene rings is 1. The summed E-state index contributed by atoms with van der Waals surface area (Å²) in [4.78, 5) is 26.9. The predicted molar refractivity (Wildman–Crippen MR) is 101 cm³/mol. The second-order valence-electron chi connectivity index (χ2n) is 6.09. The molecule has 3 rings (SSSR count). The van der Waals surface area contributed by atoms with Crippen molar-refractivity contribution in [2.75, 3.05) is 32.8 Å². The van der Waals surface area contributed by atoms with Gasteiger partial charge in [-0.15, -0.1) is 11.3 Å². The highest BCUT2D eigenvalue weighted by Gasteiger charge is 2.22. The highest BCUT2D eigenvalue weighted by Crippen LogP contribution is 2.21. The molecular weight excluding hydrogens is 350 g/mol. The van der Waals surface area contributed by atoms with E-state index in [1.54, 1.807) is 11.3 Å². The molecule has 2 amide bonds. The zero-order chi connectivity index (χ0) is 18.2. The molecule has 2 heterocycles. The summed E-state index contributed by atoms with van der Waals surface area (Å²) in [5, 5.41) is 7.25. The van der Waals surface area contributed by atoms with E-state index in [0.717, 1.165) is 23.5 Å². The van der Waals surface area contributed by atoms with Gasteiger partial charge in [0.25, 0.3) is 0 Å². The molecule has 0 bridgehead atoms. The van der Waals surface area contributed by atoms with E-state index < -0.39 is 11.8 Å². The van der Waals surface area contributed by atoms with Gasteiger partial charge in [0, 0.05) is 31.1 Å². The number of benzene rings is 1. The van der Waals surface area contributed by atoms with E-state index in [1.807, 2.05) is 35.7 Å². The Morgan fingerprint density at radius 3 is 2.69 bits per heavy atom. The predicted octanol–water partition coefficient (Wildman–Crippen LogP) is 1.55. The topological polar surface area (TPSA) is 70.7 Å². The van der Waals surface area contributed by atoms with Crippen LogP contribution in [0.25, 0.3) is 0 Å². The van der Waals surface area contributed by atoms with E-state index in [0.29, 0.717) is 26.2 Å². The van der Waals surface area contributed by atoms with Crippen molar-refractivity contribution in [3.05, 3.63) is 58.3 Å². The second-order valence-corrected chi connectivity index (χ2v) is 7.12. The Balaban J connectivity index is 1.37. The second kappa shape index (κ2) is 9.47. The molecule has 0 saturated carbocycles. The highest BCUT2D eigenvalue weighted by molar-refractivity contribution is 7.09. The number of morpholine rings is 1. The molecule has 1 saturated heterocycles. The van der Waals surface area contributed by atoms with E-state index in [2.05, 4.69) is 27.7 Å². The molecule has 0 aliphatic carbocycles. The van der Waals surface area contributed by atoms with Crippen LogP contribution in [-0.4, -0.2) is 49.5 Å². The zero-order valence-corrected chi connectivity index (χ0v) is 15.3. The van der Waals surface area contributed by atoms with Gasteiger partial charge in [-0.2, -0.15) is 0 Å². The van der Waals surface area contributed by atoms with E-state index >= 15 is 0 Å². The summed E-state index contributed by atoms with van der Waals surface area (Å²) in [6, 6.07) is 14.0. The first-order valence-corrected chi connectivity index (χ1v) is 9.57. The number of carbonyl (C=O) groups excluding carboxylic acids is 2. The fourth-order valence-corrected chi connectivity index (χ4v) is 3.49. The van der Waals surface area contributed by atoms with Crippen molar-refractivity contribution in [1.82, 2.24) is 15.5 Å². The van der Waals surface area contributed by atoms with E-state index in [4.69, 9.17) is 4.74 Å². The van der Waals surface area contributed by atoms with E-state index in [-0.39, 0.29) is 6.10 Å². The van der Waals surface area contributed by atoms with Gasteiger partial charge >= 0.3 is 11.8 Å². The summed E-state index contributed by atoms with van der Waals surface area (Å²) < 4.78 is 5.84. The molecule has 26 heavy (non-hydrogen) atoms. The maximum atomic E-state index is 11.9. The number of ether oxygens (including phenoxy) is 1. The Morgan fingerprint density at radius 2 is 1.92 bits per heavy atom. The lowest BCUT2D eigenvalue weighted by Crippen LogP contribution is -2.45. The Hall–Kier alpha value is -2.22. The number of nitrogens with zero attached hydrogens (tertiary/aromatic N) is 1. The molecule has 2 aromatic rings. The van der Waals surface area contributed by atoms with Gasteiger partial charge < -0.3 is 15.4 Å². The van der Waals surface area contributed by atoms with Crippen LogP contribution in [0.1, 0.15) is 16.5 Å². The average molecular weight is 373 g/mol. The Kier molecular flexibility index (Phi) is 6.76. The average Bonchev–Trinajstić information content (AvgIpc) is 3.20. The van der Waals surface area contributed by atoms with E-state index in [1.165, 1.54) is 0 Å². The summed E-state index contributed by atoms with van der Waals surface area (Å²) >= 11 is 1.55. The van der Waals surface area contributed by atoms with Crippen LogP contribution in [-0.2, 0) is 20.9 Å². The highest BCUT2D eigenvalue weighted by atomic mass is 32.1. The molecule has 1 aliphatic rings. The van der Waals surface area contributed by atoms with Crippen molar-refractivity contribution in [1.29, 1.82) is 0 Å². The van der Waals surface area contributed by atoms with Crippen molar-refractivity contribution in [3.63, 3.8) is 0 Å². The normalized spacial score (nSPS) is 17.6. The number of nitrogens with one attached hydrogen (secondary N) is 2. The molecule has 7 heteroatoms. The van der Waals surface area contributed by atoms with Crippen LogP contribution < -0.4 is 10.6 Å². The van der Waals surface area contributed by atoms with Crippen LogP contribution >= 0.6 is 11.3 Å². The van der Waals surface area contributed by atoms with Crippen LogP contribution in [0.4, 0.5) is 0 Å².